The molecule has 4 nitrogen and oxygen atoms in total. The number of hydrogen-bond donors (Lipinski definition) is 2. The molecule has 0 unspecified atom stereocenters. The van der Waals surface area contributed by atoms with Gasteiger partial charge in [0.15, 0.2) is 0 Å². The largest absolute Gasteiger partial charge is 0.397 e. The van der Waals surface area contributed by atoms with E-state index in [4.69, 9.17) is 5.73 Å². The second-order valence-corrected chi connectivity index (χ2v) is 4.40. The number of carbonyl (C=O) groups excluding carboxylic acids is 1. The van der Waals surface area contributed by atoms with Gasteiger partial charge in [0.1, 0.15) is 11.5 Å². The van der Waals surface area contributed by atoms with Crippen molar-refractivity contribution in [2.24, 2.45) is 7.05 Å². The molecule has 0 atom stereocenters. The minimum Gasteiger partial charge on any atom is -0.397 e. The maximum Gasteiger partial charge on any atom is 0.267 e. The second-order valence-electron chi connectivity index (χ2n) is 4.40. The van der Waals surface area contributed by atoms with Gasteiger partial charge in [-0.3, -0.25) is 4.79 Å². The molecule has 1 amide bonds. The Kier molecular flexibility index (Phi) is 3.85. The molecule has 0 aliphatic carbocycles. The van der Waals surface area contributed by atoms with Crippen LogP contribution in [0.5, 0.6) is 0 Å². The molecule has 0 spiro atoms. The van der Waals surface area contributed by atoms with E-state index in [1.807, 2.05) is 0 Å². The van der Waals surface area contributed by atoms with Crippen molar-refractivity contribution in [3.8, 4) is 0 Å². The molecule has 0 saturated heterocycles. The first-order valence-electron chi connectivity index (χ1n) is 6.01. The number of nitrogens with zero attached hydrogens (tertiary/aromatic N) is 1. The average Bonchev–Trinajstić information content (AvgIpc) is 2.71. The highest BCUT2D eigenvalue weighted by Crippen LogP contribution is 2.08. The molecular formula is C14H16FN3O. The molecule has 0 bridgehead atoms. The Morgan fingerprint density at radius 2 is 2.05 bits per heavy atom. The van der Waals surface area contributed by atoms with Crippen molar-refractivity contribution in [2.75, 3.05) is 12.3 Å². The number of rotatable bonds is 4. The summed E-state index contributed by atoms with van der Waals surface area (Å²) in [7, 11) is 1.77. The van der Waals surface area contributed by atoms with Crippen molar-refractivity contribution < 1.29 is 9.18 Å². The Morgan fingerprint density at radius 3 is 2.63 bits per heavy atom. The molecule has 0 aliphatic rings. The summed E-state index contributed by atoms with van der Waals surface area (Å²) < 4.78 is 14.4. The van der Waals surface area contributed by atoms with Crippen molar-refractivity contribution >= 4 is 11.6 Å². The summed E-state index contributed by atoms with van der Waals surface area (Å²) in [6.07, 6.45) is 2.35. The first-order chi connectivity index (χ1) is 9.06. The lowest BCUT2D eigenvalue weighted by atomic mass is 10.1. The van der Waals surface area contributed by atoms with E-state index in [0.29, 0.717) is 24.3 Å². The zero-order valence-electron chi connectivity index (χ0n) is 10.7. The fourth-order valence-corrected chi connectivity index (χ4v) is 1.88. The molecular weight excluding hydrogens is 245 g/mol. The van der Waals surface area contributed by atoms with Gasteiger partial charge in [-0.15, -0.1) is 0 Å². The predicted octanol–water partition coefficient (Wildman–Crippen LogP) is 1.72. The van der Waals surface area contributed by atoms with Crippen LogP contribution in [0.1, 0.15) is 16.1 Å². The van der Waals surface area contributed by atoms with Crippen LogP contribution >= 0.6 is 0 Å². The molecule has 19 heavy (non-hydrogen) atoms. The Morgan fingerprint density at radius 1 is 1.37 bits per heavy atom. The maximum atomic E-state index is 12.7. The van der Waals surface area contributed by atoms with Crippen molar-refractivity contribution in [1.82, 2.24) is 9.88 Å². The third kappa shape index (κ3) is 3.34. The normalized spacial score (nSPS) is 10.4. The highest BCUT2D eigenvalue weighted by Gasteiger charge is 2.09. The van der Waals surface area contributed by atoms with Crippen molar-refractivity contribution in [1.29, 1.82) is 0 Å². The fourth-order valence-electron chi connectivity index (χ4n) is 1.88. The Bertz CT molecular complexity index is 575. The molecule has 0 aliphatic heterocycles. The van der Waals surface area contributed by atoms with E-state index in [2.05, 4.69) is 5.32 Å². The van der Waals surface area contributed by atoms with Gasteiger partial charge in [0.05, 0.1) is 5.69 Å². The van der Waals surface area contributed by atoms with Crippen LogP contribution in [-0.4, -0.2) is 17.0 Å². The molecule has 2 aromatic rings. The average molecular weight is 261 g/mol. The Balaban J connectivity index is 1.87. The lowest BCUT2D eigenvalue weighted by Crippen LogP contribution is -2.27. The minimum absolute atomic E-state index is 0.165. The minimum atomic E-state index is -0.257. The summed E-state index contributed by atoms with van der Waals surface area (Å²) in [6.45, 7) is 0.496. The van der Waals surface area contributed by atoms with Gasteiger partial charge in [0.25, 0.3) is 5.91 Å². The lowest BCUT2D eigenvalue weighted by molar-refractivity contribution is 0.0946. The van der Waals surface area contributed by atoms with E-state index in [1.165, 1.54) is 12.1 Å². The van der Waals surface area contributed by atoms with Crippen LogP contribution in [0.2, 0.25) is 0 Å². The van der Waals surface area contributed by atoms with Gasteiger partial charge < -0.3 is 15.6 Å². The SMILES string of the molecule is Cn1cc(N)cc1C(=O)NCCc1ccc(F)cc1. The van der Waals surface area contributed by atoms with E-state index in [0.717, 1.165) is 5.56 Å². The smallest absolute Gasteiger partial charge is 0.267 e. The Hall–Kier alpha value is -2.30. The quantitative estimate of drug-likeness (QED) is 0.880. The third-order valence-corrected chi connectivity index (χ3v) is 2.87. The van der Waals surface area contributed by atoms with Gasteiger partial charge >= 0.3 is 0 Å². The summed E-state index contributed by atoms with van der Waals surface area (Å²) in [6, 6.07) is 7.88. The molecule has 3 N–H and O–H groups in total. The summed E-state index contributed by atoms with van der Waals surface area (Å²) in [5.41, 5.74) is 7.68. The van der Waals surface area contributed by atoms with Gasteiger partial charge in [-0.2, -0.15) is 0 Å². The number of carbonyl (C=O) groups is 1. The standard InChI is InChI=1S/C14H16FN3O/c1-18-9-12(16)8-13(18)14(19)17-7-6-10-2-4-11(15)5-3-10/h2-5,8-9H,6-7,16H2,1H3,(H,17,19). The van der Waals surface area contributed by atoms with Crippen LogP contribution in [0, 0.1) is 5.82 Å². The molecule has 5 heteroatoms. The predicted molar refractivity (Wildman–Crippen MR) is 72.3 cm³/mol. The highest BCUT2D eigenvalue weighted by atomic mass is 19.1. The van der Waals surface area contributed by atoms with Gasteiger partial charge in [-0.05, 0) is 30.2 Å². The van der Waals surface area contributed by atoms with Crippen LogP contribution < -0.4 is 11.1 Å². The topological polar surface area (TPSA) is 60.0 Å². The van der Waals surface area contributed by atoms with Gasteiger partial charge in [-0.1, -0.05) is 12.1 Å². The molecule has 1 aromatic carbocycles. The van der Waals surface area contributed by atoms with Gasteiger partial charge in [0, 0.05) is 19.8 Å². The molecule has 0 radical (unpaired) electrons. The van der Waals surface area contributed by atoms with Crippen LogP contribution in [0.3, 0.4) is 0 Å². The summed E-state index contributed by atoms with van der Waals surface area (Å²) in [5, 5.41) is 2.81. The number of nitrogens with two attached hydrogens (primary N) is 1. The van der Waals surface area contributed by atoms with Crippen LogP contribution in [0.15, 0.2) is 36.5 Å². The van der Waals surface area contributed by atoms with Crippen LogP contribution in [0.25, 0.3) is 0 Å². The van der Waals surface area contributed by atoms with E-state index < -0.39 is 0 Å². The van der Waals surface area contributed by atoms with Crippen molar-refractivity contribution in [3.05, 3.63) is 53.6 Å². The van der Waals surface area contributed by atoms with Crippen molar-refractivity contribution in [3.63, 3.8) is 0 Å². The summed E-state index contributed by atoms with van der Waals surface area (Å²) >= 11 is 0. The maximum absolute atomic E-state index is 12.7. The molecule has 0 saturated carbocycles. The number of aromatic nitrogens is 1. The first kappa shape index (κ1) is 13.1. The van der Waals surface area contributed by atoms with E-state index in [1.54, 1.807) is 36.0 Å². The van der Waals surface area contributed by atoms with E-state index in [9.17, 15) is 9.18 Å². The van der Waals surface area contributed by atoms with Gasteiger partial charge in [-0.25, -0.2) is 4.39 Å². The van der Waals surface area contributed by atoms with Crippen LogP contribution in [0.4, 0.5) is 10.1 Å². The molecule has 0 fully saturated rings. The molecule has 2 rings (SSSR count). The molecule has 1 aromatic heterocycles. The second kappa shape index (κ2) is 5.56. The van der Waals surface area contributed by atoms with Crippen LogP contribution in [-0.2, 0) is 13.5 Å². The zero-order chi connectivity index (χ0) is 13.8. The number of benzene rings is 1. The summed E-state index contributed by atoms with van der Waals surface area (Å²) in [4.78, 5) is 11.9. The lowest BCUT2D eigenvalue weighted by Gasteiger charge is -2.06. The van der Waals surface area contributed by atoms with E-state index >= 15 is 0 Å². The third-order valence-electron chi connectivity index (χ3n) is 2.87. The number of aryl methyl sites for hydroxylation is 1. The number of anilines is 1. The monoisotopic (exact) mass is 261 g/mol. The Labute approximate surface area is 111 Å². The molecule has 1 heterocycles. The first-order valence-corrected chi connectivity index (χ1v) is 6.01. The molecule has 100 valence electrons. The number of nitrogen functional groups attached to an aromatic ring is 1. The summed E-state index contributed by atoms with van der Waals surface area (Å²) in [5.74, 6) is -0.423. The fraction of sp³-hybridized carbons (Fsp3) is 0.214. The van der Waals surface area contributed by atoms with E-state index in [-0.39, 0.29) is 11.7 Å². The number of nitrogens with one attached hydrogen (secondary N) is 1. The highest BCUT2D eigenvalue weighted by molar-refractivity contribution is 5.93. The van der Waals surface area contributed by atoms with Crippen molar-refractivity contribution in [2.45, 2.75) is 6.42 Å². The van der Waals surface area contributed by atoms with Gasteiger partial charge in [0.2, 0.25) is 0 Å². The zero-order valence-corrected chi connectivity index (χ0v) is 10.7. The number of halogens is 1. The number of hydrogen-bond acceptors (Lipinski definition) is 2. The number of amides is 1.